The normalized spacial score (nSPS) is 19.5. The predicted molar refractivity (Wildman–Crippen MR) is 80.3 cm³/mol. The first-order chi connectivity index (χ1) is 9.65. The smallest absolute Gasteiger partial charge is 0.276 e. The first-order valence-electron chi connectivity index (χ1n) is 7.26. The number of pyridine rings is 1. The Kier molecular flexibility index (Phi) is 4.76. The number of hydrogen-bond acceptors (Lipinski definition) is 5. The van der Waals surface area contributed by atoms with Crippen molar-refractivity contribution in [1.29, 1.82) is 0 Å². The lowest BCUT2D eigenvalue weighted by Crippen LogP contribution is -2.35. The molecule has 0 bridgehead atoms. The first kappa shape index (κ1) is 14.6. The summed E-state index contributed by atoms with van der Waals surface area (Å²) < 4.78 is 0. The Morgan fingerprint density at radius 2 is 2.25 bits per heavy atom. The minimum absolute atomic E-state index is 0.0958. The van der Waals surface area contributed by atoms with Crippen molar-refractivity contribution in [3.05, 3.63) is 22.2 Å². The molecule has 110 valence electrons. The minimum atomic E-state index is -0.356. The van der Waals surface area contributed by atoms with E-state index in [1.807, 2.05) is 0 Å². The Labute approximate surface area is 119 Å². The molecule has 6 heteroatoms. The number of nitrogens with zero attached hydrogens (tertiary/aromatic N) is 3. The van der Waals surface area contributed by atoms with Gasteiger partial charge in [0.05, 0.1) is 17.1 Å². The van der Waals surface area contributed by atoms with Crippen LogP contribution in [0.5, 0.6) is 0 Å². The summed E-state index contributed by atoms with van der Waals surface area (Å²) in [6, 6.07) is 3.49. The average Bonchev–Trinajstić information content (AvgIpc) is 2.71. The summed E-state index contributed by atoms with van der Waals surface area (Å²) in [4.78, 5) is 17.4. The van der Waals surface area contributed by atoms with Gasteiger partial charge in [-0.15, -0.1) is 0 Å². The summed E-state index contributed by atoms with van der Waals surface area (Å²) in [6.45, 7) is 3.09. The van der Waals surface area contributed by atoms with E-state index in [1.54, 1.807) is 13.1 Å². The molecule has 0 spiro atoms. The Hall–Kier alpha value is -1.85. The second-order valence-corrected chi connectivity index (χ2v) is 5.18. The standard InChI is InChI=1S/C14H22N4O2/c1-3-11-7-5-4-6-8-17(11)14-10-12(18(19)20)9-13(15-2)16-14/h9-11H,3-8H2,1-2H3,(H,15,16). The van der Waals surface area contributed by atoms with Crippen molar-refractivity contribution in [3.8, 4) is 0 Å². The monoisotopic (exact) mass is 278 g/mol. The van der Waals surface area contributed by atoms with Gasteiger partial charge in [-0.25, -0.2) is 4.98 Å². The van der Waals surface area contributed by atoms with Crippen LogP contribution in [0.2, 0.25) is 0 Å². The molecule has 6 nitrogen and oxygen atoms in total. The maximum atomic E-state index is 11.1. The van der Waals surface area contributed by atoms with Gasteiger partial charge in [0.2, 0.25) is 0 Å². The van der Waals surface area contributed by atoms with E-state index in [4.69, 9.17) is 0 Å². The Morgan fingerprint density at radius 3 is 2.90 bits per heavy atom. The van der Waals surface area contributed by atoms with E-state index in [1.165, 1.54) is 18.9 Å². The third kappa shape index (κ3) is 3.18. The van der Waals surface area contributed by atoms with Crippen molar-refractivity contribution < 1.29 is 4.92 Å². The Balaban J connectivity index is 2.37. The highest BCUT2D eigenvalue weighted by Crippen LogP contribution is 2.28. The van der Waals surface area contributed by atoms with E-state index in [2.05, 4.69) is 22.1 Å². The number of nitro groups is 1. The maximum absolute atomic E-state index is 11.1. The molecule has 2 rings (SSSR count). The van der Waals surface area contributed by atoms with Gasteiger partial charge in [0.25, 0.3) is 5.69 Å². The second-order valence-electron chi connectivity index (χ2n) is 5.18. The van der Waals surface area contributed by atoms with Crippen LogP contribution in [0.25, 0.3) is 0 Å². The highest BCUT2D eigenvalue weighted by molar-refractivity contribution is 5.56. The van der Waals surface area contributed by atoms with Gasteiger partial charge in [-0.2, -0.15) is 0 Å². The SMILES string of the molecule is CCC1CCCCCN1c1cc([N+](=O)[O-])cc(NC)n1. The molecule has 0 aliphatic carbocycles. The minimum Gasteiger partial charge on any atom is -0.373 e. The van der Waals surface area contributed by atoms with Gasteiger partial charge in [-0.1, -0.05) is 19.8 Å². The third-order valence-corrected chi connectivity index (χ3v) is 3.91. The van der Waals surface area contributed by atoms with Crippen molar-refractivity contribution in [3.63, 3.8) is 0 Å². The average molecular weight is 278 g/mol. The molecular weight excluding hydrogens is 256 g/mol. The summed E-state index contributed by atoms with van der Waals surface area (Å²) >= 11 is 0. The van der Waals surface area contributed by atoms with Crippen molar-refractivity contribution in [2.45, 2.75) is 45.1 Å². The molecule has 1 unspecified atom stereocenters. The van der Waals surface area contributed by atoms with Crippen LogP contribution < -0.4 is 10.2 Å². The molecule has 1 N–H and O–H groups in total. The van der Waals surface area contributed by atoms with Crippen LogP contribution in [0.15, 0.2) is 12.1 Å². The number of hydrogen-bond donors (Lipinski definition) is 1. The van der Waals surface area contributed by atoms with Crippen molar-refractivity contribution in [2.75, 3.05) is 23.8 Å². The van der Waals surface area contributed by atoms with Crippen LogP contribution in [0.1, 0.15) is 39.0 Å². The molecule has 1 aliphatic rings. The molecule has 0 radical (unpaired) electrons. The molecule has 2 heterocycles. The zero-order valence-corrected chi connectivity index (χ0v) is 12.1. The Bertz CT molecular complexity index is 478. The van der Waals surface area contributed by atoms with Gasteiger partial charge in [-0.3, -0.25) is 10.1 Å². The van der Waals surface area contributed by atoms with E-state index in [-0.39, 0.29) is 10.6 Å². The number of nitrogens with one attached hydrogen (secondary N) is 1. The largest absolute Gasteiger partial charge is 0.373 e. The topological polar surface area (TPSA) is 71.3 Å². The third-order valence-electron chi connectivity index (χ3n) is 3.91. The van der Waals surface area contributed by atoms with Gasteiger partial charge in [0.15, 0.2) is 0 Å². The van der Waals surface area contributed by atoms with Gasteiger partial charge < -0.3 is 10.2 Å². The van der Waals surface area contributed by atoms with E-state index in [9.17, 15) is 10.1 Å². The zero-order chi connectivity index (χ0) is 14.5. The van der Waals surface area contributed by atoms with Gasteiger partial charge in [0.1, 0.15) is 11.6 Å². The van der Waals surface area contributed by atoms with E-state index >= 15 is 0 Å². The molecule has 1 atom stereocenters. The lowest BCUT2D eigenvalue weighted by Gasteiger charge is -2.30. The van der Waals surface area contributed by atoms with Crippen LogP contribution in [0.4, 0.5) is 17.3 Å². The molecule has 0 aromatic carbocycles. The fourth-order valence-corrected chi connectivity index (χ4v) is 2.79. The highest BCUT2D eigenvalue weighted by atomic mass is 16.6. The number of aromatic nitrogens is 1. The van der Waals surface area contributed by atoms with Crippen LogP contribution >= 0.6 is 0 Å². The zero-order valence-electron chi connectivity index (χ0n) is 12.1. The summed E-state index contributed by atoms with van der Waals surface area (Å²) in [6.07, 6.45) is 5.74. The van der Waals surface area contributed by atoms with Crippen molar-refractivity contribution >= 4 is 17.3 Å². The van der Waals surface area contributed by atoms with Gasteiger partial charge >= 0.3 is 0 Å². The van der Waals surface area contributed by atoms with E-state index in [0.29, 0.717) is 11.9 Å². The van der Waals surface area contributed by atoms with Gasteiger partial charge in [-0.05, 0) is 19.3 Å². The number of rotatable bonds is 4. The summed E-state index contributed by atoms with van der Waals surface area (Å²) in [5, 5.41) is 14.0. The van der Waals surface area contributed by atoms with E-state index in [0.717, 1.165) is 31.6 Å². The molecule has 1 aliphatic heterocycles. The molecule has 1 fully saturated rings. The van der Waals surface area contributed by atoms with Gasteiger partial charge in [0, 0.05) is 19.6 Å². The second kappa shape index (κ2) is 6.54. The fourth-order valence-electron chi connectivity index (χ4n) is 2.79. The van der Waals surface area contributed by atoms with Crippen LogP contribution in [0.3, 0.4) is 0 Å². The first-order valence-corrected chi connectivity index (χ1v) is 7.26. The molecule has 1 aromatic rings. The van der Waals surface area contributed by atoms with Crippen molar-refractivity contribution in [1.82, 2.24) is 4.98 Å². The highest BCUT2D eigenvalue weighted by Gasteiger charge is 2.23. The van der Waals surface area contributed by atoms with Crippen LogP contribution in [-0.4, -0.2) is 29.5 Å². The molecular formula is C14H22N4O2. The van der Waals surface area contributed by atoms with Crippen LogP contribution in [-0.2, 0) is 0 Å². The molecule has 1 aromatic heterocycles. The molecule has 0 amide bonds. The molecule has 0 saturated carbocycles. The maximum Gasteiger partial charge on any atom is 0.276 e. The summed E-state index contributed by atoms with van der Waals surface area (Å²) in [7, 11) is 1.73. The lowest BCUT2D eigenvalue weighted by atomic mass is 10.1. The number of anilines is 2. The predicted octanol–water partition coefficient (Wildman–Crippen LogP) is 3.19. The van der Waals surface area contributed by atoms with Crippen molar-refractivity contribution in [2.24, 2.45) is 0 Å². The quantitative estimate of drug-likeness (QED) is 0.676. The fraction of sp³-hybridized carbons (Fsp3) is 0.643. The molecule has 20 heavy (non-hydrogen) atoms. The molecule has 1 saturated heterocycles. The summed E-state index contributed by atoms with van der Waals surface area (Å²) in [5.74, 6) is 1.27. The Morgan fingerprint density at radius 1 is 1.45 bits per heavy atom. The van der Waals surface area contributed by atoms with Crippen LogP contribution in [0, 0.1) is 10.1 Å². The summed E-state index contributed by atoms with van der Waals surface area (Å²) in [5.41, 5.74) is 0.0958. The van der Waals surface area contributed by atoms with E-state index < -0.39 is 0 Å². The lowest BCUT2D eigenvalue weighted by molar-refractivity contribution is -0.384.